The lowest BCUT2D eigenvalue weighted by atomic mass is 10.1. The van der Waals surface area contributed by atoms with Crippen LogP contribution in [0.15, 0.2) is 11.2 Å². The molecule has 0 aromatic carbocycles. The third-order valence-corrected chi connectivity index (χ3v) is 4.22. The van der Waals surface area contributed by atoms with Gasteiger partial charge in [0.1, 0.15) is 11.9 Å². The summed E-state index contributed by atoms with van der Waals surface area (Å²) >= 11 is 0. The van der Waals surface area contributed by atoms with E-state index in [-0.39, 0.29) is 10.9 Å². The summed E-state index contributed by atoms with van der Waals surface area (Å²) in [5.74, 6) is -0.974. The van der Waals surface area contributed by atoms with Crippen molar-refractivity contribution in [3.05, 3.63) is 12.0 Å². The summed E-state index contributed by atoms with van der Waals surface area (Å²) in [6.45, 7) is 7.64. The number of nitrogens with zero attached hydrogens (tertiary/aromatic N) is 2. The van der Waals surface area contributed by atoms with Crippen molar-refractivity contribution >= 4 is 16.0 Å². The molecule has 2 N–H and O–H groups in total. The molecule has 0 radical (unpaired) electrons. The maximum absolute atomic E-state index is 12.2. The molecule has 1 unspecified atom stereocenters. The van der Waals surface area contributed by atoms with Crippen LogP contribution < -0.4 is 4.72 Å². The molecule has 8 heteroatoms. The fraction of sp³-hybridized carbons (Fsp3) is 0.667. The predicted octanol–water partition coefficient (Wildman–Crippen LogP) is 0.989. The van der Waals surface area contributed by atoms with Crippen molar-refractivity contribution in [1.29, 1.82) is 0 Å². The molecule has 1 heterocycles. The monoisotopic (exact) mass is 303 g/mol. The lowest BCUT2D eigenvalue weighted by molar-refractivity contribution is -0.140. The van der Waals surface area contributed by atoms with E-state index in [0.717, 1.165) is 6.42 Å². The number of carbonyl (C=O) groups is 1. The van der Waals surface area contributed by atoms with E-state index in [2.05, 4.69) is 9.71 Å². The van der Waals surface area contributed by atoms with Crippen LogP contribution >= 0.6 is 0 Å². The summed E-state index contributed by atoms with van der Waals surface area (Å²) in [6, 6.07) is -1.17. The maximum Gasteiger partial charge on any atom is 0.322 e. The Hall–Kier alpha value is -1.41. The molecule has 114 valence electrons. The van der Waals surface area contributed by atoms with Crippen LogP contribution in [0.3, 0.4) is 0 Å². The number of hydrogen-bond donors (Lipinski definition) is 2. The zero-order chi connectivity index (χ0) is 15.5. The van der Waals surface area contributed by atoms with Crippen LogP contribution in [0.1, 0.15) is 33.0 Å². The van der Waals surface area contributed by atoms with Gasteiger partial charge in [-0.3, -0.25) is 4.79 Å². The first-order valence-corrected chi connectivity index (χ1v) is 7.96. The van der Waals surface area contributed by atoms with Crippen LogP contribution in [0.2, 0.25) is 0 Å². The van der Waals surface area contributed by atoms with Gasteiger partial charge in [-0.2, -0.15) is 4.72 Å². The minimum absolute atomic E-state index is 0.143. The van der Waals surface area contributed by atoms with Gasteiger partial charge < -0.3 is 9.67 Å². The third kappa shape index (κ3) is 3.80. The Morgan fingerprint density at radius 3 is 2.55 bits per heavy atom. The smallest absolute Gasteiger partial charge is 0.322 e. The van der Waals surface area contributed by atoms with Crippen LogP contribution in [-0.4, -0.2) is 35.1 Å². The number of hydrogen-bond acceptors (Lipinski definition) is 4. The van der Waals surface area contributed by atoms with E-state index in [4.69, 9.17) is 5.11 Å². The van der Waals surface area contributed by atoms with Crippen molar-refractivity contribution in [2.24, 2.45) is 5.92 Å². The molecule has 0 bridgehead atoms. The molecule has 0 aliphatic rings. The fourth-order valence-corrected chi connectivity index (χ4v) is 3.12. The van der Waals surface area contributed by atoms with Gasteiger partial charge in [-0.05, 0) is 19.3 Å². The normalized spacial score (nSPS) is 13.7. The molecule has 0 amide bonds. The Kier molecular flexibility index (Phi) is 5.29. The van der Waals surface area contributed by atoms with E-state index < -0.39 is 22.0 Å². The summed E-state index contributed by atoms with van der Waals surface area (Å²) in [4.78, 5) is 15.1. The average molecular weight is 303 g/mol. The molecule has 20 heavy (non-hydrogen) atoms. The van der Waals surface area contributed by atoms with Gasteiger partial charge in [-0.25, -0.2) is 13.4 Å². The number of nitrogens with one attached hydrogen (secondary N) is 1. The lowest BCUT2D eigenvalue weighted by Gasteiger charge is -2.16. The molecular formula is C12H21N3O4S. The molecule has 1 aromatic rings. The van der Waals surface area contributed by atoms with Crippen LogP contribution in [0.5, 0.6) is 0 Å². The highest BCUT2D eigenvalue weighted by Gasteiger charge is 2.29. The Balaban J connectivity index is 3.04. The van der Waals surface area contributed by atoms with Gasteiger partial charge >= 0.3 is 5.97 Å². The molecule has 1 atom stereocenters. The van der Waals surface area contributed by atoms with Gasteiger partial charge in [0.25, 0.3) is 10.0 Å². The largest absolute Gasteiger partial charge is 0.480 e. The van der Waals surface area contributed by atoms with E-state index in [1.54, 1.807) is 25.3 Å². The number of aliphatic carboxylic acids is 1. The molecule has 7 nitrogen and oxygen atoms in total. The first-order valence-electron chi connectivity index (χ1n) is 6.48. The lowest BCUT2D eigenvalue weighted by Crippen LogP contribution is -2.44. The summed E-state index contributed by atoms with van der Waals surface area (Å²) < 4.78 is 28.3. The Labute approximate surface area is 119 Å². The first kappa shape index (κ1) is 16.6. The number of rotatable bonds is 7. The van der Waals surface area contributed by atoms with Gasteiger partial charge in [0.2, 0.25) is 0 Å². The van der Waals surface area contributed by atoms with E-state index in [1.165, 1.54) is 6.20 Å². The van der Waals surface area contributed by atoms with Gasteiger partial charge in [-0.15, -0.1) is 0 Å². The quantitative estimate of drug-likeness (QED) is 0.782. The highest BCUT2D eigenvalue weighted by Crippen LogP contribution is 2.12. The van der Waals surface area contributed by atoms with Crippen molar-refractivity contribution in [2.75, 3.05) is 0 Å². The van der Waals surface area contributed by atoms with Crippen molar-refractivity contribution in [1.82, 2.24) is 14.3 Å². The molecule has 1 aromatic heterocycles. The Morgan fingerprint density at radius 1 is 1.50 bits per heavy atom. The van der Waals surface area contributed by atoms with Crippen LogP contribution in [0, 0.1) is 12.8 Å². The van der Waals surface area contributed by atoms with Crippen LogP contribution in [0.4, 0.5) is 0 Å². The zero-order valence-electron chi connectivity index (χ0n) is 12.1. The molecule has 0 spiro atoms. The van der Waals surface area contributed by atoms with Crippen LogP contribution in [0.25, 0.3) is 0 Å². The maximum atomic E-state index is 12.2. The van der Waals surface area contributed by atoms with E-state index in [9.17, 15) is 13.2 Å². The number of carboxylic acids is 1. The third-order valence-electron chi connectivity index (χ3n) is 2.91. The number of carboxylic acid groups (broad SMARTS) is 1. The summed E-state index contributed by atoms with van der Waals surface area (Å²) in [5.41, 5.74) is 0. The molecule has 0 saturated carbocycles. The standard InChI is InChI=1S/C12H21N3O4S/c1-5-6-15-7-10(13-9(15)4)20(18,19)14-11(8(2)3)12(16)17/h7-8,11,14H,5-6H2,1-4H3,(H,16,17). The first-order chi connectivity index (χ1) is 9.19. The van der Waals surface area contributed by atoms with Crippen molar-refractivity contribution in [3.63, 3.8) is 0 Å². The predicted molar refractivity (Wildman–Crippen MR) is 73.8 cm³/mol. The van der Waals surface area contributed by atoms with E-state index >= 15 is 0 Å². The van der Waals surface area contributed by atoms with Gasteiger partial charge in [0, 0.05) is 12.7 Å². The van der Waals surface area contributed by atoms with Gasteiger partial charge in [-0.1, -0.05) is 20.8 Å². The highest BCUT2D eigenvalue weighted by atomic mass is 32.2. The molecule has 1 rings (SSSR count). The topological polar surface area (TPSA) is 101 Å². The summed E-state index contributed by atoms with van der Waals surface area (Å²) in [6.07, 6.45) is 2.29. The number of aryl methyl sites for hydroxylation is 2. The van der Waals surface area contributed by atoms with E-state index in [0.29, 0.717) is 12.4 Å². The molecule has 0 aliphatic carbocycles. The second-order valence-corrected chi connectivity index (χ2v) is 6.66. The summed E-state index contributed by atoms with van der Waals surface area (Å²) in [5, 5.41) is 8.90. The van der Waals surface area contributed by atoms with Crippen molar-refractivity contribution < 1.29 is 18.3 Å². The minimum atomic E-state index is -3.93. The SMILES string of the molecule is CCCn1cc(S(=O)(=O)NC(C(=O)O)C(C)C)nc1C. The van der Waals surface area contributed by atoms with E-state index in [1.807, 2.05) is 6.92 Å². The second-order valence-electron chi connectivity index (χ2n) is 5.00. The van der Waals surface area contributed by atoms with Crippen molar-refractivity contribution in [2.45, 2.75) is 51.7 Å². The molecule has 0 aliphatic heterocycles. The van der Waals surface area contributed by atoms with Gasteiger partial charge in [0.05, 0.1) is 0 Å². The Morgan fingerprint density at radius 2 is 2.10 bits per heavy atom. The zero-order valence-corrected chi connectivity index (χ0v) is 12.9. The fourth-order valence-electron chi connectivity index (χ4n) is 1.78. The Bertz CT molecular complexity index is 578. The number of imidazole rings is 1. The molecular weight excluding hydrogens is 282 g/mol. The van der Waals surface area contributed by atoms with Crippen molar-refractivity contribution in [3.8, 4) is 0 Å². The molecule has 0 saturated heterocycles. The average Bonchev–Trinajstić information content (AvgIpc) is 2.69. The summed E-state index contributed by atoms with van der Waals surface area (Å²) in [7, 11) is -3.93. The van der Waals surface area contributed by atoms with Crippen LogP contribution in [-0.2, 0) is 21.4 Å². The number of aromatic nitrogens is 2. The van der Waals surface area contributed by atoms with Gasteiger partial charge in [0.15, 0.2) is 5.03 Å². The second kappa shape index (κ2) is 6.36. The minimum Gasteiger partial charge on any atom is -0.480 e. The molecule has 0 fully saturated rings. The highest BCUT2D eigenvalue weighted by molar-refractivity contribution is 7.89. The number of sulfonamides is 1.